The molecule has 1 aromatic carbocycles. The Morgan fingerprint density at radius 3 is 2.88 bits per heavy atom. The van der Waals surface area contributed by atoms with Gasteiger partial charge in [0.1, 0.15) is 5.82 Å². The Morgan fingerprint density at radius 1 is 1.46 bits per heavy atom. The van der Waals surface area contributed by atoms with Crippen LogP contribution in [0.15, 0.2) is 27.7 Å². The summed E-state index contributed by atoms with van der Waals surface area (Å²) in [5.41, 5.74) is 0.248. The molecule has 2 aliphatic rings. The van der Waals surface area contributed by atoms with Crippen LogP contribution in [-0.4, -0.2) is 42.3 Å². The van der Waals surface area contributed by atoms with Crippen LogP contribution in [0.25, 0.3) is 0 Å². The van der Waals surface area contributed by atoms with Crippen molar-refractivity contribution in [3.8, 4) is 0 Å². The average Bonchev–Trinajstić information content (AvgIpc) is 2.91. The van der Waals surface area contributed by atoms with Crippen molar-refractivity contribution in [3.63, 3.8) is 0 Å². The Morgan fingerprint density at radius 2 is 2.21 bits per heavy atom. The minimum atomic E-state index is -3.16. The van der Waals surface area contributed by atoms with Crippen molar-refractivity contribution in [1.82, 2.24) is 0 Å². The molecule has 0 spiro atoms. The number of aliphatic imine (C=N–C) groups is 1. The van der Waals surface area contributed by atoms with Crippen molar-refractivity contribution in [1.29, 1.82) is 0 Å². The number of carbonyl (C=O) groups excluding carboxylic acids is 1. The molecule has 9 heteroatoms. The Bertz CT molecular complexity index is 813. The molecular formula is C15H16BrFN2O3S2. The van der Waals surface area contributed by atoms with Gasteiger partial charge < -0.3 is 4.90 Å². The second-order valence-corrected chi connectivity index (χ2v) is 10.1. The number of amides is 1. The zero-order valence-corrected chi connectivity index (χ0v) is 16.1. The molecule has 0 aliphatic carbocycles. The number of hydrogen-bond acceptors (Lipinski definition) is 4. The van der Waals surface area contributed by atoms with Gasteiger partial charge in [-0.1, -0.05) is 34.6 Å². The molecule has 1 aromatic rings. The number of sulfone groups is 1. The highest BCUT2D eigenvalue weighted by molar-refractivity contribution is 9.10. The first kappa shape index (κ1) is 17.9. The topological polar surface area (TPSA) is 66.8 Å². The number of amidine groups is 1. The first-order chi connectivity index (χ1) is 11.3. The third-order valence-corrected chi connectivity index (χ3v) is 7.62. The lowest BCUT2D eigenvalue weighted by Gasteiger charge is -2.25. The summed E-state index contributed by atoms with van der Waals surface area (Å²) in [7, 11) is -3.16. The van der Waals surface area contributed by atoms with Crippen LogP contribution in [0.4, 0.5) is 10.1 Å². The molecule has 130 valence electrons. The van der Waals surface area contributed by atoms with Crippen molar-refractivity contribution in [2.45, 2.75) is 31.1 Å². The summed E-state index contributed by atoms with van der Waals surface area (Å²) < 4.78 is 38.9. The van der Waals surface area contributed by atoms with Crippen LogP contribution in [0.5, 0.6) is 0 Å². The van der Waals surface area contributed by atoms with Gasteiger partial charge in [0.15, 0.2) is 15.0 Å². The number of thioether (sulfide) groups is 1. The number of anilines is 1. The van der Waals surface area contributed by atoms with Crippen LogP contribution in [0.3, 0.4) is 0 Å². The van der Waals surface area contributed by atoms with Crippen LogP contribution < -0.4 is 4.90 Å². The van der Waals surface area contributed by atoms with E-state index in [0.29, 0.717) is 22.5 Å². The summed E-state index contributed by atoms with van der Waals surface area (Å²) in [5.74, 6) is -0.782. The molecule has 0 radical (unpaired) electrons. The van der Waals surface area contributed by atoms with E-state index in [0.717, 1.165) is 0 Å². The van der Waals surface area contributed by atoms with Crippen LogP contribution >= 0.6 is 27.7 Å². The van der Waals surface area contributed by atoms with E-state index in [9.17, 15) is 17.6 Å². The predicted octanol–water partition coefficient (Wildman–Crippen LogP) is 2.99. The first-order valence-electron chi connectivity index (χ1n) is 7.53. The molecule has 2 atom stereocenters. The molecule has 3 rings (SSSR count). The van der Waals surface area contributed by atoms with Crippen LogP contribution in [0.2, 0.25) is 0 Å². The number of benzene rings is 1. The molecule has 0 bridgehead atoms. The van der Waals surface area contributed by atoms with Gasteiger partial charge in [0.05, 0.1) is 23.2 Å². The van der Waals surface area contributed by atoms with Crippen molar-refractivity contribution < 1.29 is 17.6 Å². The number of carbonyl (C=O) groups is 1. The van der Waals surface area contributed by atoms with Crippen molar-refractivity contribution in [2.75, 3.05) is 16.4 Å². The third kappa shape index (κ3) is 3.52. The second kappa shape index (κ2) is 6.76. The lowest BCUT2D eigenvalue weighted by atomic mass is 10.2. The molecule has 0 aromatic heterocycles. The summed E-state index contributed by atoms with van der Waals surface area (Å²) in [5, 5.41) is 0.158. The fraction of sp³-hybridized carbons (Fsp3) is 0.467. The van der Waals surface area contributed by atoms with Gasteiger partial charge in [-0.15, -0.1) is 0 Å². The standard InChI is InChI=1S/C15H16BrFN2O3S2/c1-2-3-14(20)18-15-19(11-5-4-9(16)6-10(11)17)12-7-24(21,22)8-13(12)23-15/h4-6,12-13H,2-3,7-8H2,1H3/t12-,13-/m0/s1. The van der Waals surface area contributed by atoms with E-state index in [1.54, 1.807) is 17.0 Å². The molecule has 2 aliphatic heterocycles. The van der Waals surface area contributed by atoms with Gasteiger partial charge in [0.2, 0.25) is 5.91 Å². The Labute approximate surface area is 152 Å². The maximum absolute atomic E-state index is 14.4. The molecule has 2 fully saturated rings. The minimum absolute atomic E-state index is 0.0258. The fourth-order valence-corrected chi connectivity index (χ4v) is 7.16. The van der Waals surface area contributed by atoms with E-state index in [1.807, 2.05) is 6.92 Å². The maximum Gasteiger partial charge on any atom is 0.248 e. The van der Waals surface area contributed by atoms with Gasteiger partial charge in [-0.25, -0.2) is 12.8 Å². The third-order valence-electron chi connectivity index (χ3n) is 3.92. The van der Waals surface area contributed by atoms with Crippen LogP contribution in [0, 0.1) is 5.82 Å². The smallest absolute Gasteiger partial charge is 0.248 e. The normalized spacial score (nSPS) is 26.8. The van der Waals surface area contributed by atoms with E-state index < -0.39 is 21.7 Å². The molecule has 0 N–H and O–H groups in total. The molecular weight excluding hydrogens is 419 g/mol. The number of nitrogens with zero attached hydrogens (tertiary/aromatic N) is 2. The SMILES string of the molecule is CCCC(=O)N=C1S[C@H]2CS(=O)(=O)C[C@@H]2N1c1ccc(Br)cc1F. The quantitative estimate of drug-likeness (QED) is 0.731. The Hall–Kier alpha value is -0.930. The monoisotopic (exact) mass is 434 g/mol. The first-order valence-corrected chi connectivity index (χ1v) is 11.0. The number of halogens is 2. The lowest BCUT2D eigenvalue weighted by Crippen LogP contribution is -2.38. The molecule has 24 heavy (non-hydrogen) atoms. The molecule has 2 saturated heterocycles. The average molecular weight is 435 g/mol. The Balaban J connectivity index is 2.03. The van der Waals surface area contributed by atoms with Crippen molar-refractivity contribution >= 4 is 54.3 Å². The number of rotatable bonds is 3. The molecule has 1 amide bonds. The summed E-state index contributed by atoms with van der Waals surface area (Å²) >= 11 is 4.46. The summed E-state index contributed by atoms with van der Waals surface area (Å²) in [6.07, 6.45) is 0.989. The highest BCUT2D eigenvalue weighted by Crippen LogP contribution is 2.42. The molecule has 2 heterocycles. The van der Waals surface area contributed by atoms with Gasteiger partial charge in [0, 0.05) is 16.1 Å². The zero-order valence-electron chi connectivity index (χ0n) is 12.9. The maximum atomic E-state index is 14.4. The van der Waals surface area contributed by atoms with Crippen LogP contribution in [0.1, 0.15) is 19.8 Å². The largest absolute Gasteiger partial charge is 0.313 e. The predicted molar refractivity (Wildman–Crippen MR) is 97.7 cm³/mol. The highest BCUT2D eigenvalue weighted by Gasteiger charge is 2.49. The zero-order chi connectivity index (χ0) is 17.5. The molecule has 0 unspecified atom stereocenters. The molecule has 5 nitrogen and oxygen atoms in total. The van der Waals surface area contributed by atoms with E-state index in [2.05, 4.69) is 20.9 Å². The number of fused-ring (bicyclic) bond motifs is 1. The van der Waals surface area contributed by atoms with Gasteiger partial charge >= 0.3 is 0 Å². The van der Waals surface area contributed by atoms with Gasteiger partial charge in [-0.05, 0) is 24.6 Å². The van der Waals surface area contributed by atoms with Crippen molar-refractivity contribution in [2.24, 2.45) is 4.99 Å². The molecule has 0 saturated carbocycles. The van der Waals surface area contributed by atoms with E-state index in [-0.39, 0.29) is 28.4 Å². The fourth-order valence-electron chi connectivity index (χ4n) is 2.90. The summed E-state index contributed by atoms with van der Waals surface area (Å²) in [6.45, 7) is 1.88. The van der Waals surface area contributed by atoms with Gasteiger partial charge in [-0.3, -0.25) is 4.79 Å². The van der Waals surface area contributed by atoms with E-state index >= 15 is 0 Å². The van der Waals surface area contributed by atoms with E-state index in [1.165, 1.54) is 17.8 Å². The number of hydrogen-bond donors (Lipinski definition) is 0. The van der Waals surface area contributed by atoms with E-state index in [4.69, 9.17) is 0 Å². The van der Waals surface area contributed by atoms with Gasteiger partial charge in [0.25, 0.3) is 0 Å². The Kier molecular flexibility index (Phi) is 5.04. The summed E-state index contributed by atoms with van der Waals surface area (Å²) in [6, 6.07) is 4.18. The minimum Gasteiger partial charge on any atom is -0.313 e. The lowest BCUT2D eigenvalue weighted by molar-refractivity contribution is -0.117. The van der Waals surface area contributed by atoms with Crippen LogP contribution in [-0.2, 0) is 14.6 Å². The summed E-state index contributed by atoms with van der Waals surface area (Å²) in [4.78, 5) is 17.6. The van der Waals surface area contributed by atoms with Gasteiger partial charge in [-0.2, -0.15) is 4.99 Å². The van der Waals surface area contributed by atoms with Crippen molar-refractivity contribution in [3.05, 3.63) is 28.5 Å². The second-order valence-electron chi connectivity index (χ2n) is 5.80. The highest BCUT2D eigenvalue weighted by atomic mass is 79.9.